The highest BCUT2D eigenvalue weighted by molar-refractivity contribution is 5.92. The van der Waals surface area contributed by atoms with E-state index in [2.05, 4.69) is 16.1 Å². The minimum absolute atomic E-state index is 0.0255. The van der Waals surface area contributed by atoms with E-state index in [1.165, 1.54) is 0 Å². The molecule has 29 heavy (non-hydrogen) atoms. The molecule has 4 rings (SSSR count). The number of rotatable bonds is 6. The van der Waals surface area contributed by atoms with E-state index in [1.54, 1.807) is 0 Å². The molecular formula is C23H24N2O4. The van der Waals surface area contributed by atoms with Gasteiger partial charge in [0.25, 0.3) is 0 Å². The van der Waals surface area contributed by atoms with E-state index >= 15 is 0 Å². The maximum atomic E-state index is 12.6. The number of hydrogen-bond donors (Lipinski definition) is 1. The average Bonchev–Trinajstić information content (AvgIpc) is 3.21. The van der Waals surface area contributed by atoms with Crippen molar-refractivity contribution in [2.75, 3.05) is 31.7 Å². The average molecular weight is 392 g/mol. The molecule has 2 aliphatic rings. The SMILES string of the molecule is C#CCN1CCC(C(=O)Nc2cccc(COc3ccc4c(c3)OCO4)c2)CC1. The highest BCUT2D eigenvalue weighted by Crippen LogP contribution is 2.35. The zero-order valence-electron chi connectivity index (χ0n) is 16.2. The fourth-order valence-electron chi connectivity index (χ4n) is 3.60. The molecule has 2 heterocycles. The number of anilines is 1. The normalized spacial score (nSPS) is 16.2. The van der Waals surface area contributed by atoms with E-state index in [4.69, 9.17) is 20.6 Å². The van der Waals surface area contributed by atoms with Crippen LogP contribution in [0.3, 0.4) is 0 Å². The van der Waals surface area contributed by atoms with Crippen LogP contribution in [0.25, 0.3) is 0 Å². The Kier molecular flexibility index (Phi) is 5.87. The maximum Gasteiger partial charge on any atom is 0.231 e. The molecule has 0 aliphatic carbocycles. The number of amides is 1. The van der Waals surface area contributed by atoms with Gasteiger partial charge in [-0.25, -0.2) is 0 Å². The lowest BCUT2D eigenvalue weighted by Gasteiger charge is -2.29. The largest absolute Gasteiger partial charge is 0.489 e. The number of nitrogens with one attached hydrogen (secondary N) is 1. The summed E-state index contributed by atoms with van der Waals surface area (Å²) in [5.41, 5.74) is 1.76. The summed E-state index contributed by atoms with van der Waals surface area (Å²) in [5, 5.41) is 3.04. The molecule has 0 saturated carbocycles. The Balaban J connectivity index is 1.30. The summed E-state index contributed by atoms with van der Waals surface area (Å²) in [7, 11) is 0. The summed E-state index contributed by atoms with van der Waals surface area (Å²) in [6.45, 7) is 3.02. The lowest BCUT2D eigenvalue weighted by Crippen LogP contribution is -2.38. The fourth-order valence-corrected chi connectivity index (χ4v) is 3.60. The van der Waals surface area contributed by atoms with Crippen molar-refractivity contribution in [3.8, 4) is 29.6 Å². The van der Waals surface area contributed by atoms with Crippen LogP contribution in [-0.2, 0) is 11.4 Å². The van der Waals surface area contributed by atoms with Crippen LogP contribution in [-0.4, -0.2) is 37.2 Å². The monoisotopic (exact) mass is 392 g/mol. The second-order valence-electron chi connectivity index (χ2n) is 7.25. The maximum absolute atomic E-state index is 12.6. The van der Waals surface area contributed by atoms with Crippen LogP contribution in [0.5, 0.6) is 17.2 Å². The zero-order chi connectivity index (χ0) is 20.1. The van der Waals surface area contributed by atoms with E-state index < -0.39 is 0 Å². The van der Waals surface area contributed by atoms with Gasteiger partial charge in [0.15, 0.2) is 11.5 Å². The van der Waals surface area contributed by atoms with Crippen molar-refractivity contribution in [1.29, 1.82) is 0 Å². The lowest BCUT2D eigenvalue weighted by atomic mass is 9.96. The standard InChI is InChI=1S/C23H24N2O4/c1-2-10-25-11-8-18(9-12-25)23(26)24-19-5-3-4-17(13-19)15-27-20-6-7-21-22(14-20)29-16-28-21/h1,3-7,13-14,18H,8-12,15-16H2,(H,24,26). The first-order chi connectivity index (χ1) is 14.2. The molecule has 6 heteroatoms. The van der Waals surface area contributed by atoms with Crippen molar-refractivity contribution in [3.63, 3.8) is 0 Å². The topological polar surface area (TPSA) is 60.0 Å². The summed E-state index contributed by atoms with van der Waals surface area (Å²) in [6.07, 6.45) is 7.03. The second kappa shape index (κ2) is 8.89. The molecule has 2 aliphatic heterocycles. The molecule has 2 aromatic carbocycles. The molecule has 2 aromatic rings. The minimum Gasteiger partial charge on any atom is -0.489 e. The van der Waals surface area contributed by atoms with Gasteiger partial charge in [0.1, 0.15) is 12.4 Å². The molecule has 0 aromatic heterocycles. The van der Waals surface area contributed by atoms with Gasteiger partial charge in [0.2, 0.25) is 12.7 Å². The summed E-state index contributed by atoms with van der Waals surface area (Å²) >= 11 is 0. The van der Waals surface area contributed by atoms with Crippen LogP contribution in [0.4, 0.5) is 5.69 Å². The predicted molar refractivity (Wildman–Crippen MR) is 110 cm³/mol. The number of piperidine rings is 1. The summed E-state index contributed by atoms with van der Waals surface area (Å²) in [6, 6.07) is 13.2. The number of nitrogens with zero attached hydrogens (tertiary/aromatic N) is 1. The van der Waals surface area contributed by atoms with Gasteiger partial charge in [-0.05, 0) is 55.8 Å². The van der Waals surface area contributed by atoms with E-state index in [0.717, 1.165) is 42.9 Å². The minimum atomic E-state index is 0.0255. The Bertz CT molecular complexity index is 913. The number of likely N-dealkylation sites (tertiary alicyclic amines) is 1. The van der Waals surface area contributed by atoms with E-state index in [0.29, 0.717) is 24.7 Å². The number of fused-ring (bicyclic) bond motifs is 1. The molecule has 0 spiro atoms. The quantitative estimate of drug-likeness (QED) is 0.765. The van der Waals surface area contributed by atoms with Gasteiger partial charge in [-0.3, -0.25) is 9.69 Å². The molecule has 0 unspecified atom stereocenters. The van der Waals surface area contributed by atoms with Crippen LogP contribution in [0.15, 0.2) is 42.5 Å². The van der Waals surface area contributed by atoms with Gasteiger partial charge in [-0.2, -0.15) is 0 Å². The number of carbonyl (C=O) groups is 1. The van der Waals surface area contributed by atoms with Crippen LogP contribution >= 0.6 is 0 Å². The van der Waals surface area contributed by atoms with Crippen molar-refractivity contribution in [2.24, 2.45) is 5.92 Å². The second-order valence-corrected chi connectivity index (χ2v) is 7.25. The van der Waals surface area contributed by atoms with Crippen LogP contribution in [0, 0.1) is 18.3 Å². The van der Waals surface area contributed by atoms with Gasteiger partial charge in [-0.15, -0.1) is 6.42 Å². The van der Waals surface area contributed by atoms with Gasteiger partial charge in [0, 0.05) is 17.7 Å². The third-order valence-corrected chi connectivity index (χ3v) is 5.22. The molecule has 1 fully saturated rings. The van der Waals surface area contributed by atoms with Crippen molar-refractivity contribution in [2.45, 2.75) is 19.4 Å². The van der Waals surface area contributed by atoms with Gasteiger partial charge in [-0.1, -0.05) is 18.1 Å². The zero-order valence-corrected chi connectivity index (χ0v) is 16.2. The molecule has 0 bridgehead atoms. The smallest absolute Gasteiger partial charge is 0.231 e. The van der Waals surface area contributed by atoms with Gasteiger partial charge in [0.05, 0.1) is 6.54 Å². The summed E-state index contributed by atoms with van der Waals surface area (Å²) < 4.78 is 16.5. The number of ether oxygens (including phenoxy) is 3. The Hall–Kier alpha value is -3.17. The van der Waals surface area contributed by atoms with E-state index in [1.807, 2.05) is 42.5 Å². The summed E-state index contributed by atoms with van der Waals surface area (Å²) in [5.74, 6) is 4.89. The number of terminal acetylenes is 1. The lowest BCUT2D eigenvalue weighted by molar-refractivity contribution is -0.121. The Labute approximate surface area is 170 Å². The fraction of sp³-hybridized carbons (Fsp3) is 0.348. The summed E-state index contributed by atoms with van der Waals surface area (Å²) in [4.78, 5) is 14.8. The van der Waals surface area contributed by atoms with Crippen molar-refractivity contribution in [3.05, 3.63) is 48.0 Å². The molecular weight excluding hydrogens is 368 g/mol. The first-order valence-corrected chi connectivity index (χ1v) is 9.79. The molecule has 1 N–H and O–H groups in total. The van der Waals surface area contributed by atoms with Gasteiger partial charge >= 0.3 is 0 Å². The molecule has 1 saturated heterocycles. The van der Waals surface area contributed by atoms with Crippen molar-refractivity contribution in [1.82, 2.24) is 4.90 Å². The number of carbonyl (C=O) groups excluding carboxylic acids is 1. The Morgan fingerprint density at radius 1 is 1.17 bits per heavy atom. The predicted octanol–water partition coefficient (Wildman–Crippen LogP) is 3.28. The Morgan fingerprint density at radius 3 is 2.83 bits per heavy atom. The Morgan fingerprint density at radius 2 is 2.00 bits per heavy atom. The third kappa shape index (κ3) is 4.82. The molecule has 0 atom stereocenters. The highest BCUT2D eigenvalue weighted by Gasteiger charge is 2.24. The molecule has 150 valence electrons. The third-order valence-electron chi connectivity index (χ3n) is 5.22. The van der Waals surface area contributed by atoms with E-state index in [-0.39, 0.29) is 18.6 Å². The first-order valence-electron chi connectivity index (χ1n) is 9.79. The van der Waals surface area contributed by atoms with Crippen molar-refractivity contribution < 1.29 is 19.0 Å². The van der Waals surface area contributed by atoms with Crippen molar-refractivity contribution >= 4 is 11.6 Å². The number of hydrogen-bond acceptors (Lipinski definition) is 5. The molecule has 6 nitrogen and oxygen atoms in total. The molecule has 1 amide bonds. The first kappa shape index (κ1) is 19.2. The van der Waals surface area contributed by atoms with Crippen LogP contribution < -0.4 is 19.5 Å². The van der Waals surface area contributed by atoms with Crippen LogP contribution in [0.1, 0.15) is 18.4 Å². The molecule has 0 radical (unpaired) electrons. The van der Waals surface area contributed by atoms with Gasteiger partial charge < -0.3 is 19.5 Å². The number of benzene rings is 2. The highest BCUT2D eigenvalue weighted by atomic mass is 16.7. The van der Waals surface area contributed by atoms with Crippen LogP contribution in [0.2, 0.25) is 0 Å². The van der Waals surface area contributed by atoms with E-state index in [9.17, 15) is 4.79 Å².